The lowest BCUT2D eigenvalue weighted by Gasteiger charge is -2.16. The van der Waals surface area contributed by atoms with Crippen molar-refractivity contribution in [2.24, 2.45) is 10.7 Å². The quantitative estimate of drug-likeness (QED) is 0.624. The predicted octanol–water partition coefficient (Wildman–Crippen LogP) is 1.67. The van der Waals surface area contributed by atoms with Crippen LogP contribution in [0.25, 0.3) is 0 Å². The molecule has 22 heavy (non-hydrogen) atoms. The van der Waals surface area contributed by atoms with Gasteiger partial charge in [-0.15, -0.1) is 0 Å². The van der Waals surface area contributed by atoms with Gasteiger partial charge >= 0.3 is 7.75 Å². The number of phenolic OH excluding ortho intramolecular Hbond substituents is 1. The number of Topliss-reactive ketones (excluding diaryl/α,β-unsaturated/α-hetero) is 1. The first-order valence-electron chi connectivity index (χ1n) is 6.30. The highest BCUT2D eigenvalue weighted by Crippen LogP contribution is 2.38. The highest BCUT2D eigenvalue weighted by atomic mass is 31.2. The summed E-state index contributed by atoms with van der Waals surface area (Å²) in [5, 5.41) is 18.9. The first-order chi connectivity index (χ1) is 10.2. The predicted molar refractivity (Wildman–Crippen MR) is 79.6 cm³/mol. The number of aromatic hydroxyl groups is 1. The Labute approximate surface area is 126 Å². The third-order valence-electron chi connectivity index (χ3n) is 2.96. The highest BCUT2D eigenvalue weighted by molar-refractivity contribution is 7.50. The molecular weight excluding hydrogens is 309 g/mol. The molecule has 0 saturated carbocycles. The van der Waals surface area contributed by atoms with E-state index in [1.54, 1.807) is 12.1 Å². The third kappa shape index (κ3) is 4.39. The van der Waals surface area contributed by atoms with Gasteiger partial charge in [-0.1, -0.05) is 12.1 Å². The van der Waals surface area contributed by atoms with Crippen LogP contribution in [0.1, 0.15) is 5.56 Å². The molecule has 4 N–H and O–H groups in total. The van der Waals surface area contributed by atoms with Gasteiger partial charge in [0.05, 0.1) is 11.6 Å². The maximum absolute atomic E-state index is 12.3. The van der Waals surface area contributed by atoms with Gasteiger partial charge in [-0.3, -0.25) is 4.79 Å². The Balaban J connectivity index is 2.27. The van der Waals surface area contributed by atoms with Crippen molar-refractivity contribution < 1.29 is 29.4 Å². The number of aliphatic hydroxyl groups excluding tert-OH is 1. The van der Waals surface area contributed by atoms with E-state index in [1.165, 1.54) is 30.4 Å². The number of phenols is 1. The number of hydrogen-bond donors (Lipinski definition) is 4. The number of carbonyl (C=O) groups is 1. The summed E-state index contributed by atoms with van der Waals surface area (Å²) >= 11 is 0. The summed E-state index contributed by atoms with van der Waals surface area (Å²) in [5.41, 5.74) is 0.430. The van der Waals surface area contributed by atoms with Gasteiger partial charge in [0.15, 0.2) is 0 Å². The van der Waals surface area contributed by atoms with Gasteiger partial charge in [0, 0.05) is 6.42 Å². The zero-order valence-corrected chi connectivity index (χ0v) is 12.2. The number of carbonyl (C=O) groups excluding carboxylic acids is 1. The number of ketones is 1. The topological polar surface area (TPSA) is 127 Å². The first-order valence-corrected chi connectivity index (χ1v) is 7.86. The number of aliphatic hydroxyl groups is 1. The average molecular weight is 323 g/mol. The lowest BCUT2D eigenvalue weighted by atomic mass is 9.90. The minimum absolute atomic E-state index is 0.0105. The molecule has 2 rings (SSSR count). The summed E-state index contributed by atoms with van der Waals surface area (Å²) in [6.07, 6.45) is 3.50. The van der Waals surface area contributed by atoms with Gasteiger partial charge in [0.2, 0.25) is 0 Å². The smallest absolute Gasteiger partial charge is 0.448 e. The molecular formula is C14H14NO6P. The van der Waals surface area contributed by atoms with Crippen LogP contribution in [0.3, 0.4) is 0 Å². The maximum Gasteiger partial charge on any atom is 0.448 e. The van der Waals surface area contributed by atoms with Crippen molar-refractivity contribution >= 4 is 19.2 Å². The molecule has 1 aliphatic carbocycles. The van der Waals surface area contributed by atoms with Crippen LogP contribution in [0.4, 0.5) is 0 Å². The van der Waals surface area contributed by atoms with Crippen molar-refractivity contribution in [2.75, 3.05) is 0 Å². The minimum Gasteiger partial charge on any atom is -0.508 e. The third-order valence-corrected chi connectivity index (χ3v) is 3.45. The number of rotatable bonds is 4. The largest absolute Gasteiger partial charge is 0.508 e. The summed E-state index contributed by atoms with van der Waals surface area (Å²) in [6, 6.07) is 6.10. The Morgan fingerprint density at radius 2 is 1.95 bits per heavy atom. The Hall–Kier alpha value is -2.21. The highest BCUT2D eigenvalue weighted by Gasteiger charge is 2.26. The molecule has 0 spiro atoms. The second kappa shape index (κ2) is 6.27. The van der Waals surface area contributed by atoms with Crippen LogP contribution >= 0.6 is 7.75 Å². The molecule has 0 bridgehead atoms. The Bertz CT molecular complexity index is 731. The van der Waals surface area contributed by atoms with Gasteiger partial charge in [0.1, 0.15) is 17.3 Å². The molecule has 1 aliphatic rings. The zero-order chi connectivity index (χ0) is 16.3. The average Bonchev–Trinajstić information content (AvgIpc) is 2.39. The van der Waals surface area contributed by atoms with Gasteiger partial charge in [-0.2, -0.15) is 4.76 Å². The number of nitrogens with zero attached hydrogens (tertiary/aromatic N) is 1. The van der Waals surface area contributed by atoms with E-state index in [2.05, 4.69) is 4.76 Å². The van der Waals surface area contributed by atoms with Crippen LogP contribution in [0, 0.1) is 5.92 Å². The van der Waals surface area contributed by atoms with Crippen LogP contribution in [-0.2, 0) is 15.8 Å². The summed E-state index contributed by atoms with van der Waals surface area (Å²) in [5.74, 6) is -1.64. The van der Waals surface area contributed by atoms with Crippen molar-refractivity contribution in [3.05, 3.63) is 53.8 Å². The molecule has 7 nitrogen and oxygen atoms in total. The summed E-state index contributed by atoms with van der Waals surface area (Å²) in [4.78, 5) is 30.2. The molecule has 1 aromatic carbocycles. The van der Waals surface area contributed by atoms with Gasteiger partial charge in [-0.25, -0.2) is 4.57 Å². The van der Waals surface area contributed by atoms with E-state index in [0.29, 0.717) is 5.56 Å². The monoisotopic (exact) mass is 323 g/mol. The summed E-state index contributed by atoms with van der Waals surface area (Å²) in [7, 11) is -4.69. The van der Waals surface area contributed by atoms with Crippen molar-refractivity contribution in [3.8, 4) is 5.75 Å². The normalized spacial score (nSPS) is 20.0. The van der Waals surface area contributed by atoms with Crippen LogP contribution in [0.2, 0.25) is 0 Å². The van der Waals surface area contributed by atoms with E-state index in [1.807, 2.05) is 0 Å². The molecule has 0 heterocycles. The lowest BCUT2D eigenvalue weighted by Crippen LogP contribution is -2.25. The lowest BCUT2D eigenvalue weighted by molar-refractivity contribution is -0.119. The molecule has 1 aromatic rings. The van der Waals surface area contributed by atoms with Gasteiger partial charge in [-0.05, 0) is 35.9 Å². The fraction of sp³-hybridized carbons (Fsp3) is 0.143. The van der Waals surface area contributed by atoms with E-state index in [-0.39, 0.29) is 23.6 Å². The van der Waals surface area contributed by atoms with E-state index in [9.17, 15) is 19.6 Å². The molecule has 0 aliphatic heterocycles. The summed E-state index contributed by atoms with van der Waals surface area (Å²) < 4.78 is 14.2. The van der Waals surface area contributed by atoms with Crippen LogP contribution in [0.15, 0.2) is 53.0 Å². The Kier molecular flexibility index (Phi) is 4.61. The maximum atomic E-state index is 12.3. The van der Waals surface area contributed by atoms with Crippen LogP contribution in [0.5, 0.6) is 5.75 Å². The van der Waals surface area contributed by atoms with Crippen molar-refractivity contribution in [2.45, 2.75) is 6.42 Å². The number of hydrogen-bond acceptors (Lipinski definition) is 4. The van der Waals surface area contributed by atoms with E-state index in [0.717, 1.165) is 0 Å². The number of benzene rings is 1. The SMILES string of the molecule is O=C(Cc1cccc(O)c1)C1C=C(O)C=CC1=NP(=O)(O)O. The molecule has 1 unspecified atom stereocenters. The van der Waals surface area contributed by atoms with E-state index < -0.39 is 19.4 Å². The van der Waals surface area contributed by atoms with Crippen LogP contribution < -0.4 is 0 Å². The summed E-state index contributed by atoms with van der Waals surface area (Å²) in [6.45, 7) is 0. The molecule has 0 amide bonds. The van der Waals surface area contributed by atoms with E-state index >= 15 is 0 Å². The minimum atomic E-state index is -4.69. The molecule has 8 heteroatoms. The van der Waals surface area contributed by atoms with Crippen molar-refractivity contribution in [1.82, 2.24) is 0 Å². The second-order valence-corrected chi connectivity index (χ2v) is 5.98. The molecule has 1 atom stereocenters. The van der Waals surface area contributed by atoms with Gasteiger partial charge < -0.3 is 20.0 Å². The fourth-order valence-electron chi connectivity index (χ4n) is 2.07. The van der Waals surface area contributed by atoms with E-state index in [4.69, 9.17) is 9.79 Å². The standard InChI is InChI=1S/C14H14NO6P/c16-10-3-1-2-9(6-10)7-14(18)12-8-11(17)4-5-13(12)15-22(19,20)21/h1-6,8,12,16-17H,7H2,(H2,19,20,21). The molecule has 116 valence electrons. The molecule has 0 fully saturated rings. The van der Waals surface area contributed by atoms with Crippen molar-refractivity contribution in [3.63, 3.8) is 0 Å². The molecule has 0 saturated heterocycles. The Morgan fingerprint density at radius 3 is 2.59 bits per heavy atom. The van der Waals surface area contributed by atoms with Gasteiger partial charge in [0.25, 0.3) is 0 Å². The first kappa shape index (κ1) is 16.2. The molecule has 0 radical (unpaired) electrons. The molecule has 0 aromatic heterocycles. The second-order valence-electron chi connectivity index (χ2n) is 4.75. The zero-order valence-electron chi connectivity index (χ0n) is 11.3. The number of allylic oxidation sites excluding steroid dienone is 3. The fourth-order valence-corrected chi connectivity index (χ4v) is 2.56. The Morgan fingerprint density at radius 1 is 1.23 bits per heavy atom. The van der Waals surface area contributed by atoms with Crippen LogP contribution in [-0.4, -0.2) is 31.5 Å². The van der Waals surface area contributed by atoms with Crippen molar-refractivity contribution in [1.29, 1.82) is 0 Å².